The number of ether oxygens (including phenoxy) is 1. The first-order chi connectivity index (χ1) is 8.50. The first kappa shape index (κ1) is 14.8. The van der Waals surface area contributed by atoms with E-state index in [1.54, 1.807) is 0 Å². The highest BCUT2D eigenvalue weighted by atomic mass is 16.5. The van der Waals surface area contributed by atoms with Crippen LogP contribution in [0.2, 0.25) is 0 Å². The lowest BCUT2D eigenvalue weighted by molar-refractivity contribution is -0.142. The predicted octanol–water partition coefficient (Wildman–Crippen LogP) is 0.821. The first-order valence-electron chi connectivity index (χ1n) is 6.35. The molecule has 6 heteroatoms. The molecule has 1 fully saturated rings. The molecule has 104 valence electrons. The normalized spacial score (nSPS) is 18.4. The van der Waals surface area contributed by atoms with Crippen molar-refractivity contribution >= 4 is 12.0 Å². The van der Waals surface area contributed by atoms with Gasteiger partial charge in [-0.1, -0.05) is 13.8 Å². The number of carbonyl (C=O) groups is 2. The van der Waals surface area contributed by atoms with Crippen molar-refractivity contribution in [2.75, 3.05) is 19.8 Å². The highest BCUT2D eigenvalue weighted by molar-refractivity contribution is 5.76. The Morgan fingerprint density at radius 1 is 1.33 bits per heavy atom. The Morgan fingerprint density at radius 2 is 1.94 bits per heavy atom. The summed E-state index contributed by atoms with van der Waals surface area (Å²) >= 11 is 0. The monoisotopic (exact) mass is 258 g/mol. The number of carboxylic acids is 1. The third-order valence-corrected chi connectivity index (χ3v) is 3.16. The molecule has 0 bridgehead atoms. The molecule has 1 heterocycles. The molecule has 1 aliphatic heterocycles. The number of nitrogens with one attached hydrogen (secondary N) is 2. The highest BCUT2D eigenvalue weighted by Crippen LogP contribution is 2.10. The second-order valence-electron chi connectivity index (χ2n) is 4.93. The first-order valence-corrected chi connectivity index (χ1v) is 6.35. The van der Waals surface area contributed by atoms with Gasteiger partial charge in [0, 0.05) is 25.8 Å². The van der Waals surface area contributed by atoms with E-state index in [2.05, 4.69) is 10.6 Å². The van der Waals surface area contributed by atoms with Crippen LogP contribution in [0.5, 0.6) is 0 Å². The second-order valence-corrected chi connectivity index (χ2v) is 4.93. The summed E-state index contributed by atoms with van der Waals surface area (Å²) in [6.07, 6.45) is 1.61. The Hall–Kier alpha value is -1.30. The molecule has 0 radical (unpaired) electrons. The van der Waals surface area contributed by atoms with E-state index in [9.17, 15) is 9.59 Å². The van der Waals surface area contributed by atoms with E-state index in [1.165, 1.54) is 0 Å². The number of rotatable bonds is 5. The Labute approximate surface area is 107 Å². The van der Waals surface area contributed by atoms with Gasteiger partial charge in [-0.15, -0.1) is 0 Å². The molecule has 18 heavy (non-hydrogen) atoms. The lowest BCUT2D eigenvalue weighted by Crippen LogP contribution is -2.46. The van der Waals surface area contributed by atoms with Crippen molar-refractivity contribution < 1.29 is 19.4 Å². The van der Waals surface area contributed by atoms with E-state index in [1.807, 2.05) is 13.8 Å². The zero-order valence-electron chi connectivity index (χ0n) is 10.9. The van der Waals surface area contributed by atoms with Crippen LogP contribution >= 0.6 is 0 Å². The largest absolute Gasteiger partial charge is 0.481 e. The average molecular weight is 258 g/mol. The number of hydrogen-bond acceptors (Lipinski definition) is 3. The topological polar surface area (TPSA) is 87.7 Å². The summed E-state index contributed by atoms with van der Waals surface area (Å²) in [5, 5.41) is 14.4. The molecule has 0 aromatic carbocycles. The van der Waals surface area contributed by atoms with Crippen molar-refractivity contribution in [2.45, 2.75) is 32.7 Å². The summed E-state index contributed by atoms with van der Waals surface area (Å²) in [4.78, 5) is 22.6. The Morgan fingerprint density at radius 3 is 2.44 bits per heavy atom. The van der Waals surface area contributed by atoms with Crippen LogP contribution in [0.3, 0.4) is 0 Å². The molecule has 0 saturated carbocycles. The number of aliphatic carboxylic acids is 1. The van der Waals surface area contributed by atoms with Gasteiger partial charge in [0.05, 0.1) is 5.92 Å². The standard InChI is InChI=1S/C12H22N2O4/c1-8(2)10(11(15)16)7-13-12(17)14-9-3-5-18-6-4-9/h8-10H,3-7H2,1-2H3,(H,15,16)(H2,13,14,17). The maximum atomic E-state index is 11.6. The minimum Gasteiger partial charge on any atom is -0.481 e. The minimum atomic E-state index is -0.878. The molecular weight excluding hydrogens is 236 g/mol. The summed E-state index contributed by atoms with van der Waals surface area (Å²) in [6, 6.07) is -0.171. The van der Waals surface area contributed by atoms with Crippen LogP contribution in [0.1, 0.15) is 26.7 Å². The van der Waals surface area contributed by atoms with Crippen molar-refractivity contribution in [2.24, 2.45) is 11.8 Å². The SMILES string of the molecule is CC(C)C(CNC(=O)NC1CCOCC1)C(=O)O. The van der Waals surface area contributed by atoms with E-state index < -0.39 is 11.9 Å². The Kier molecular flexibility index (Phi) is 5.91. The van der Waals surface area contributed by atoms with Gasteiger partial charge in [-0.3, -0.25) is 4.79 Å². The molecule has 1 rings (SSSR count). The average Bonchev–Trinajstić information content (AvgIpc) is 2.29. The van der Waals surface area contributed by atoms with Gasteiger partial charge >= 0.3 is 12.0 Å². The second kappa shape index (κ2) is 7.20. The third kappa shape index (κ3) is 4.91. The van der Waals surface area contributed by atoms with Crippen molar-refractivity contribution in [1.29, 1.82) is 0 Å². The van der Waals surface area contributed by atoms with Crippen LogP contribution in [0.25, 0.3) is 0 Å². The lowest BCUT2D eigenvalue weighted by Gasteiger charge is -2.24. The number of carbonyl (C=O) groups excluding carboxylic acids is 1. The maximum Gasteiger partial charge on any atom is 0.315 e. The van der Waals surface area contributed by atoms with Gasteiger partial charge in [-0.2, -0.15) is 0 Å². The Balaban J connectivity index is 2.28. The third-order valence-electron chi connectivity index (χ3n) is 3.16. The molecule has 0 aromatic heterocycles. The zero-order chi connectivity index (χ0) is 13.5. The zero-order valence-corrected chi connectivity index (χ0v) is 10.9. The van der Waals surface area contributed by atoms with Gasteiger partial charge in [0.1, 0.15) is 0 Å². The van der Waals surface area contributed by atoms with Gasteiger partial charge in [0.25, 0.3) is 0 Å². The van der Waals surface area contributed by atoms with Crippen LogP contribution in [0.4, 0.5) is 4.79 Å². The smallest absolute Gasteiger partial charge is 0.315 e. The van der Waals surface area contributed by atoms with Crippen molar-refractivity contribution in [1.82, 2.24) is 10.6 Å². The molecule has 0 aliphatic carbocycles. The summed E-state index contributed by atoms with van der Waals surface area (Å²) in [6.45, 7) is 5.14. The van der Waals surface area contributed by atoms with Gasteiger partial charge in [-0.05, 0) is 18.8 Å². The van der Waals surface area contributed by atoms with Crippen LogP contribution in [0, 0.1) is 11.8 Å². The molecule has 0 aromatic rings. The molecule has 1 unspecified atom stereocenters. The van der Waals surface area contributed by atoms with Crippen LogP contribution in [-0.4, -0.2) is 42.9 Å². The van der Waals surface area contributed by atoms with Crippen LogP contribution in [0.15, 0.2) is 0 Å². The van der Waals surface area contributed by atoms with Crippen molar-refractivity contribution in [3.8, 4) is 0 Å². The van der Waals surface area contributed by atoms with E-state index in [4.69, 9.17) is 9.84 Å². The van der Waals surface area contributed by atoms with Gasteiger partial charge < -0.3 is 20.5 Å². The van der Waals surface area contributed by atoms with Gasteiger partial charge in [0.2, 0.25) is 0 Å². The molecular formula is C12H22N2O4. The summed E-state index contributed by atoms with van der Waals surface area (Å²) < 4.78 is 5.19. The molecule has 6 nitrogen and oxygen atoms in total. The number of urea groups is 1. The van der Waals surface area contributed by atoms with Crippen molar-refractivity contribution in [3.63, 3.8) is 0 Å². The molecule has 1 aliphatic rings. The number of amides is 2. The van der Waals surface area contributed by atoms with Crippen LogP contribution in [-0.2, 0) is 9.53 Å². The molecule has 3 N–H and O–H groups in total. The fourth-order valence-corrected chi connectivity index (χ4v) is 1.89. The maximum absolute atomic E-state index is 11.6. The van der Waals surface area contributed by atoms with E-state index in [-0.39, 0.29) is 24.5 Å². The molecule has 1 saturated heterocycles. The van der Waals surface area contributed by atoms with E-state index in [0.29, 0.717) is 13.2 Å². The number of hydrogen-bond donors (Lipinski definition) is 3. The fraction of sp³-hybridized carbons (Fsp3) is 0.833. The molecule has 0 spiro atoms. The molecule has 2 amide bonds. The number of carboxylic acid groups (broad SMARTS) is 1. The van der Waals surface area contributed by atoms with Crippen LogP contribution < -0.4 is 10.6 Å². The van der Waals surface area contributed by atoms with Crippen molar-refractivity contribution in [3.05, 3.63) is 0 Å². The van der Waals surface area contributed by atoms with Gasteiger partial charge in [0.15, 0.2) is 0 Å². The Bertz CT molecular complexity index is 288. The molecule has 1 atom stereocenters. The fourth-order valence-electron chi connectivity index (χ4n) is 1.89. The lowest BCUT2D eigenvalue weighted by atomic mass is 9.96. The predicted molar refractivity (Wildman–Crippen MR) is 66.3 cm³/mol. The summed E-state index contributed by atoms with van der Waals surface area (Å²) in [5.41, 5.74) is 0. The van der Waals surface area contributed by atoms with Gasteiger partial charge in [-0.25, -0.2) is 4.79 Å². The quantitative estimate of drug-likeness (QED) is 0.681. The van der Waals surface area contributed by atoms with E-state index >= 15 is 0 Å². The summed E-state index contributed by atoms with van der Waals surface area (Å²) in [5.74, 6) is -1.44. The highest BCUT2D eigenvalue weighted by Gasteiger charge is 2.22. The summed E-state index contributed by atoms with van der Waals surface area (Å²) in [7, 11) is 0. The minimum absolute atomic E-state index is 0.00844. The van der Waals surface area contributed by atoms with E-state index in [0.717, 1.165) is 12.8 Å².